The highest BCUT2D eigenvalue weighted by Crippen LogP contribution is 2.18. The van der Waals surface area contributed by atoms with E-state index in [1.54, 1.807) is 7.05 Å². The van der Waals surface area contributed by atoms with Crippen LogP contribution in [0.1, 0.15) is 18.4 Å². The monoisotopic (exact) mass is 361 g/mol. The zero-order valence-electron chi connectivity index (χ0n) is 15.7. The minimum Gasteiger partial charge on any atom is -0.469 e. The van der Waals surface area contributed by atoms with E-state index in [0.29, 0.717) is 31.6 Å². The Balaban J connectivity index is 1.74. The lowest BCUT2D eigenvalue weighted by atomic mass is 9.97. The molecule has 0 saturated carbocycles. The molecule has 26 heavy (non-hydrogen) atoms. The first-order valence-electron chi connectivity index (χ1n) is 8.79. The van der Waals surface area contributed by atoms with Crippen molar-refractivity contribution in [3.8, 4) is 0 Å². The number of amides is 2. The quantitative estimate of drug-likeness (QED) is 0.772. The van der Waals surface area contributed by atoms with E-state index in [1.807, 2.05) is 36.1 Å². The average Bonchev–Trinajstić information content (AvgIpc) is 2.63. The number of ether oxygens (including phenoxy) is 1. The van der Waals surface area contributed by atoms with E-state index in [2.05, 4.69) is 5.32 Å². The van der Waals surface area contributed by atoms with Crippen molar-refractivity contribution in [2.45, 2.75) is 19.8 Å². The number of likely N-dealkylation sites (N-methyl/N-ethyl adjacent to an activating group) is 1. The Labute approximate surface area is 154 Å². The Kier molecular flexibility index (Phi) is 7.15. The van der Waals surface area contributed by atoms with E-state index in [-0.39, 0.29) is 36.8 Å². The van der Waals surface area contributed by atoms with Gasteiger partial charge in [-0.3, -0.25) is 19.3 Å². The predicted molar refractivity (Wildman–Crippen MR) is 98.6 cm³/mol. The number of hydrogen-bond donors (Lipinski definition) is 1. The van der Waals surface area contributed by atoms with Crippen LogP contribution in [0.3, 0.4) is 0 Å². The van der Waals surface area contributed by atoms with Crippen molar-refractivity contribution >= 4 is 23.5 Å². The van der Waals surface area contributed by atoms with Gasteiger partial charge in [0.25, 0.3) is 0 Å². The number of rotatable bonds is 6. The summed E-state index contributed by atoms with van der Waals surface area (Å²) >= 11 is 0. The fourth-order valence-corrected chi connectivity index (χ4v) is 2.95. The number of esters is 1. The van der Waals surface area contributed by atoms with Gasteiger partial charge in [-0.1, -0.05) is 17.7 Å². The molecule has 0 spiro atoms. The Bertz CT molecular complexity index is 637. The normalized spacial score (nSPS) is 15.3. The number of aryl methyl sites for hydroxylation is 1. The first kappa shape index (κ1) is 19.9. The molecule has 0 aromatic heterocycles. The lowest BCUT2D eigenvalue weighted by Crippen LogP contribution is -2.45. The molecule has 0 atom stereocenters. The lowest BCUT2D eigenvalue weighted by Gasteiger charge is -2.31. The summed E-state index contributed by atoms with van der Waals surface area (Å²) in [4.78, 5) is 39.4. The summed E-state index contributed by atoms with van der Waals surface area (Å²) in [7, 11) is 3.02. The van der Waals surface area contributed by atoms with Gasteiger partial charge in [-0.25, -0.2) is 0 Å². The van der Waals surface area contributed by atoms with Crippen LogP contribution in [-0.2, 0) is 19.1 Å². The third kappa shape index (κ3) is 5.84. The van der Waals surface area contributed by atoms with Gasteiger partial charge in [0, 0.05) is 12.7 Å². The summed E-state index contributed by atoms with van der Waals surface area (Å²) in [6.45, 7) is 3.59. The summed E-state index contributed by atoms with van der Waals surface area (Å²) in [6.07, 6.45) is 1.38. The minimum atomic E-state index is -0.228. The molecule has 1 saturated heterocycles. The molecule has 0 unspecified atom stereocenters. The molecular formula is C19H27N3O4. The standard InChI is InChI=1S/C19H27N3O4/c1-14-4-6-16(7-5-14)20-17(23)12-21(2)18(24)13-22-10-8-15(9-11-22)19(25)26-3/h4-7,15H,8-13H2,1-3H3,(H,20,23). The highest BCUT2D eigenvalue weighted by molar-refractivity contribution is 5.94. The highest BCUT2D eigenvalue weighted by atomic mass is 16.5. The van der Waals surface area contributed by atoms with Gasteiger partial charge in [-0.2, -0.15) is 0 Å². The number of hydrogen-bond acceptors (Lipinski definition) is 5. The Morgan fingerprint density at radius 1 is 1.19 bits per heavy atom. The number of carbonyl (C=O) groups is 3. The van der Waals surface area contributed by atoms with Crippen molar-refractivity contribution in [2.75, 3.05) is 45.7 Å². The summed E-state index contributed by atoms with van der Waals surface area (Å²) in [5.41, 5.74) is 1.83. The highest BCUT2D eigenvalue weighted by Gasteiger charge is 2.27. The number of nitrogens with zero attached hydrogens (tertiary/aromatic N) is 2. The lowest BCUT2D eigenvalue weighted by molar-refractivity contribution is -0.147. The fraction of sp³-hybridized carbons (Fsp3) is 0.526. The van der Waals surface area contributed by atoms with Crippen molar-refractivity contribution in [3.05, 3.63) is 29.8 Å². The van der Waals surface area contributed by atoms with Crippen molar-refractivity contribution in [3.63, 3.8) is 0 Å². The van der Waals surface area contributed by atoms with Crippen LogP contribution in [0.4, 0.5) is 5.69 Å². The number of anilines is 1. The molecule has 1 fully saturated rings. The first-order chi connectivity index (χ1) is 12.4. The molecule has 1 heterocycles. The third-order valence-corrected chi connectivity index (χ3v) is 4.62. The SMILES string of the molecule is COC(=O)C1CCN(CC(=O)N(C)CC(=O)Nc2ccc(C)cc2)CC1. The van der Waals surface area contributed by atoms with Gasteiger partial charge >= 0.3 is 5.97 Å². The molecular weight excluding hydrogens is 334 g/mol. The Morgan fingerprint density at radius 3 is 2.38 bits per heavy atom. The smallest absolute Gasteiger partial charge is 0.308 e. The molecule has 0 bridgehead atoms. The van der Waals surface area contributed by atoms with Crippen LogP contribution in [0.2, 0.25) is 0 Å². The van der Waals surface area contributed by atoms with Crippen LogP contribution in [0.25, 0.3) is 0 Å². The second-order valence-corrected chi connectivity index (χ2v) is 6.74. The zero-order valence-corrected chi connectivity index (χ0v) is 15.7. The second kappa shape index (κ2) is 9.33. The van der Waals surface area contributed by atoms with Crippen molar-refractivity contribution in [1.29, 1.82) is 0 Å². The number of benzene rings is 1. The van der Waals surface area contributed by atoms with E-state index in [4.69, 9.17) is 4.74 Å². The summed E-state index contributed by atoms with van der Waals surface area (Å²) < 4.78 is 4.77. The average molecular weight is 361 g/mol. The van der Waals surface area contributed by atoms with Crippen LogP contribution in [0.15, 0.2) is 24.3 Å². The van der Waals surface area contributed by atoms with Crippen LogP contribution >= 0.6 is 0 Å². The molecule has 7 heteroatoms. The van der Waals surface area contributed by atoms with E-state index >= 15 is 0 Å². The van der Waals surface area contributed by atoms with E-state index in [1.165, 1.54) is 12.0 Å². The largest absolute Gasteiger partial charge is 0.469 e. The molecule has 1 aliphatic heterocycles. The van der Waals surface area contributed by atoms with Gasteiger partial charge in [0.05, 0.1) is 26.1 Å². The number of likely N-dealkylation sites (tertiary alicyclic amines) is 1. The van der Waals surface area contributed by atoms with Gasteiger partial charge in [0.2, 0.25) is 11.8 Å². The molecule has 1 aromatic rings. The van der Waals surface area contributed by atoms with E-state index in [9.17, 15) is 14.4 Å². The molecule has 1 aromatic carbocycles. The third-order valence-electron chi connectivity index (χ3n) is 4.62. The van der Waals surface area contributed by atoms with E-state index in [0.717, 1.165) is 5.56 Å². The summed E-state index contributed by atoms with van der Waals surface area (Å²) in [5, 5.41) is 2.79. The van der Waals surface area contributed by atoms with Gasteiger partial charge in [0.1, 0.15) is 0 Å². The van der Waals surface area contributed by atoms with Gasteiger partial charge in [0.15, 0.2) is 0 Å². The Morgan fingerprint density at radius 2 is 1.81 bits per heavy atom. The number of nitrogens with one attached hydrogen (secondary N) is 1. The van der Waals surface area contributed by atoms with Gasteiger partial charge in [-0.15, -0.1) is 0 Å². The van der Waals surface area contributed by atoms with E-state index < -0.39 is 0 Å². The molecule has 2 rings (SSSR count). The van der Waals surface area contributed by atoms with Gasteiger partial charge < -0.3 is 15.0 Å². The topological polar surface area (TPSA) is 79.0 Å². The van der Waals surface area contributed by atoms with Crippen LogP contribution < -0.4 is 5.32 Å². The number of carbonyl (C=O) groups excluding carboxylic acids is 3. The summed E-state index contributed by atoms with van der Waals surface area (Å²) in [6, 6.07) is 7.51. The predicted octanol–water partition coefficient (Wildman–Crippen LogP) is 1.28. The molecule has 0 radical (unpaired) electrons. The first-order valence-corrected chi connectivity index (χ1v) is 8.79. The molecule has 142 valence electrons. The van der Waals surface area contributed by atoms with Crippen LogP contribution in [0.5, 0.6) is 0 Å². The summed E-state index contributed by atoms with van der Waals surface area (Å²) in [5.74, 6) is -0.597. The van der Waals surface area contributed by atoms with Crippen molar-refractivity contribution < 1.29 is 19.1 Å². The number of piperidine rings is 1. The van der Waals surface area contributed by atoms with Crippen molar-refractivity contribution in [2.24, 2.45) is 5.92 Å². The van der Waals surface area contributed by atoms with Crippen molar-refractivity contribution in [1.82, 2.24) is 9.80 Å². The van der Waals surface area contributed by atoms with Gasteiger partial charge in [-0.05, 0) is 45.0 Å². The molecule has 1 aliphatic rings. The van der Waals surface area contributed by atoms with Crippen LogP contribution in [-0.4, -0.2) is 67.9 Å². The maximum atomic E-state index is 12.3. The molecule has 1 N–H and O–H groups in total. The molecule has 0 aliphatic carbocycles. The second-order valence-electron chi connectivity index (χ2n) is 6.74. The Hall–Kier alpha value is -2.41. The maximum absolute atomic E-state index is 12.3. The van der Waals surface area contributed by atoms with Crippen LogP contribution in [0, 0.1) is 12.8 Å². The molecule has 7 nitrogen and oxygen atoms in total. The fourth-order valence-electron chi connectivity index (χ4n) is 2.95. The maximum Gasteiger partial charge on any atom is 0.308 e. The molecule has 2 amide bonds. The minimum absolute atomic E-state index is 0.00529. The zero-order chi connectivity index (χ0) is 19.1. The number of methoxy groups -OCH3 is 1.